The Kier molecular flexibility index (Phi) is 5.98. The third-order valence-electron chi connectivity index (χ3n) is 4.28. The molecule has 4 aromatic rings. The van der Waals surface area contributed by atoms with Crippen molar-refractivity contribution in [3.05, 3.63) is 78.6 Å². The Hall–Kier alpha value is -3.43. The predicted octanol–water partition coefficient (Wildman–Crippen LogP) is 2.66. The smallest absolute Gasteiger partial charge is 0.243 e. The zero-order chi connectivity index (χ0) is 19.9. The molecule has 8 nitrogen and oxygen atoms in total. The van der Waals surface area contributed by atoms with Crippen LogP contribution in [0.2, 0.25) is 0 Å². The van der Waals surface area contributed by atoms with Crippen LogP contribution in [0.5, 0.6) is 0 Å². The lowest BCUT2D eigenvalue weighted by Crippen LogP contribution is -2.41. The Morgan fingerprint density at radius 2 is 1.90 bits per heavy atom. The number of imidazole rings is 1. The largest absolute Gasteiger partial charge is 0.347 e. The quantitative estimate of drug-likeness (QED) is 0.416. The first-order chi connectivity index (χ1) is 14.3. The van der Waals surface area contributed by atoms with E-state index in [1.54, 1.807) is 24.9 Å². The predicted molar refractivity (Wildman–Crippen MR) is 111 cm³/mol. The Balaban J connectivity index is 1.46. The van der Waals surface area contributed by atoms with Crippen LogP contribution in [0.4, 0.5) is 5.13 Å². The summed E-state index contributed by atoms with van der Waals surface area (Å²) in [5.74, 6) is -0.161. The van der Waals surface area contributed by atoms with E-state index >= 15 is 0 Å². The molecule has 0 aliphatic carbocycles. The van der Waals surface area contributed by atoms with Crippen molar-refractivity contribution < 1.29 is 4.79 Å². The van der Waals surface area contributed by atoms with Gasteiger partial charge in [0.1, 0.15) is 5.01 Å². The van der Waals surface area contributed by atoms with Crippen molar-refractivity contribution in [1.82, 2.24) is 30.5 Å². The van der Waals surface area contributed by atoms with Crippen LogP contribution >= 0.6 is 11.3 Å². The van der Waals surface area contributed by atoms with Crippen molar-refractivity contribution in [3.8, 4) is 10.6 Å². The molecule has 1 aromatic carbocycles. The van der Waals surface area contributed by atoms with Gasteiger partial charge >= 0.3 is 0 Å². The molecule has 3 heterocycles. The lowest BCUT2D eigenvalue weighted by atomic mass is 10.1. The van der Waals surface area contributed by atoms with Crippen LogP contribution in [0.15, 0.2) is 67.4 Å². The van der Waals surface area contributed by atoms with Gasteiger partial charge in [-0.3, -0.25) is 20.4 Å². The highest BCUT2D eigenvalue weighted by atomic mass is 32.1. The van der Waals surface area contributed by atoms with E-state index in [0.29, 0.717) is 18.1 Å². The molecule has 29 heavy (non-hydrogen) atoms. The second kappa shape index (κ2) is 9.18. The van der Waals surface area contributed by atoms with Crippen molar-refractivity contribution in [2.75, 3.05) is 5.32 Å². The molecule has 0 fully saturated rings. The van der Waals surface area contributed by atoms with Gasteiger partial charge in [-0.25, -0.2) is 4.98 Å². The number of carbonyl (C=O) groups is 1. The molecule has 0 aliphatic rings. The van der Waals surface area contributed by atoms with Crippen molar-refractivity contribution in [2.45, 2.75) is 19.0 Å². The van der Waals surface area contributed by atoms with E-state index in [1.165, 1.54) is 11.3 Å². The molecule has 0 radical (unpaired) electrons. The van der Waals surface area contributed by atoms with E-state index in [1.807, 2.05) is 42.5 Å². The van der Waals surface area contributed by atoms with Crippen LogP contribution in [0, 0.1) is 0 Å². The van der Waals surface area contributed by atoms with Gasteiger partial charge in [0.15, 0.2) is 0 Å². The SMILES string of the molecule is O=C(Nc1nnc(-c2ccncc2)s1)C(Cc1ccccc1)NCc1cnc[nH]1. The normalized spacial score (nSPS) is 11.9. The molecule has 4 rings (SSSR count). The summed E-state index contributed by atoms with van der Waals surface area (Å²) in [7, 11) is 0. The van der Waals surface area contributed by atoms with E-state index in [-0.39, 0.29) is 5.91 Å². The fraction of sp³-hybridized carbons (Fsp3) is 0.150. The lowest BCUT2D eigenvalue weighted by Gasteiger charge is -2.17. The Morgan fingerprint density at radius 3 is 2.66 bits per heavy atom. The van der Waals surface area contributed by atoms with Crippen LogP contribution in [0.1, 0.15) is 11.3 Å². The van der Waals surface area contributed by atoms with Gasteiger partial charge in [0.05, 0.1) is 12.4 Å². The van der Waals surface area contributed by atoms with Gasteiger partial charge in [0.25, 0.3) is 0 Å². The average molecular weight is 405 g/mol. The highest BCUT2D eigenvalue weighted by Gasteiger charge is 2.20. The Bertz CT molecular complexity index is 1040. The third-order valence-corrected chi connectivity index (χ3v) is 5.16. The third kappa shape index (κ3) is 5.09. The number of hydrogen-bond donors (Lipinski definition) is 3. The molecule has 146 valence electrons. The number of amides is 1. The van der Waals surface area contributed by atoms with E-state index in [9.17, 15) is 4.79 Å². The fourth-order valence-electron chi connectivity index (χ4n) is 2.80. The van der Waals surface area contributed by atoms with Gasteiger partial charge in [-0.15, -0.1) is 10.2 Å². The second-order valence-corrected chi connectivity index (χ2v) is 7.32. The summed E-state index contributed by atoms with van der Waals surface area (Å²) in [5, 5.41) is 15.6. The van der Waals surface area contributed by atoms with E-state index < -0.39 is 6.04 Å². The fourth-order valence-corrected chi connectivity index (χ4v) is 3.55. The van der Waals surface area contributed by atoms with E-state index in [0.717, 1.165) is 21.8 Å². The van der Waals surface area contributed by atoms with Gasteiger partial charge in [0.2, 0.25) is 11.0 Å². The average Bonchev–Trinajstić information content (AvgIpc) is 3.45. The number of nitrogens with zero attached hydrogens (tertiary/aromatic N) is 4. The van der Waals surface area contributed by atoms with Crippen LogP contribution < -0.4 is 10.6 Å². The molecule has 0 spiro atoms. The number of aromatic nitrogens is 5. The van der Waals surface area contributed by atoms with Crippen LogP contribution in [-0.4, -0.2) is 37.1 Å². The molecule has 3 N–H and O–H groups in total. The van der Waals surface area contributed by atoms with Crippen molar-refractivity contribution in [3.63, 3.8) is 0 Å². The van der Waals surface area contributed by atoms with Gasteiger partial charge in [-0.2, -0.15) is 0 Å². The maximum Gasteiger partial charge on any atom is 0.243 e. The summed E-state index contributed by atoms with van der Waals surface area (Å²) in [6, 6.07) is 13.2. The minimum Gasteiger partial charge on any atom is -0.347 e. The molecule has 1 amide bonds. The molecule has 1 unspecified atom stereocenters. The van der Waals surface area contributed by atoms with Crippen molar-refractivity contribution in [2.24, 2.45) is 0 Å². The maximum absolute atomic E-state index is 13.0. The molecule has 0 aliphatic heterocycles. The first-order valence-electron chi connectivity index (χ1n) is 9.07. The number of carbonyl (C=O) groups excluding carboxylic acids is 1. The summed E-state index contributed by atoms with van der Waals surface area (Å²) in [6.45, 7) is 0.503. The number of pyridine rings is 1. The molecule has 0 saturated carbocycles. The topological polar surface area (TPSA) is 108 Å². The first kappa shape index (κ1) is 18.9. The minimum atomic E-state index is -0.436. The zero-order valence-electron chi connectivity index (χ0n) is 15.4. The summed E-state index contributed by atoms with van der Waals surface area (Å²) < 4.78 is 0. The summed E-state index contributed by atoms with van der Waals surface area (Å²) in [5.41, 5.74) is 2.89. The number of aromatic amines is 1. The van der Waals surface area contributed by atoms with Gasteiger partial charge in [-0.05, 0) is 24.1 Å². The van der Waals surface area contributed by atoms with Crippen LogP contribution in [0.25, 0.3) is 10.6 Å². The number of hydrogen-bond acceptors (Lipinski definition) is 7. The van der Waals surface area contributed by atoms with Gasteiger partial charge in [0, 0.05) is 36.4 Å². The van der Waals surface area contributed by atoms with E-state index in [2.05, 4.69) is 35.8 Å². The molecule has 3 aromatic heterocycles. The molecule has 9 heteroatoms. The Morgan fingerprint density at radius 1 is 1.07 bits per heavy atom. The Labute approximate surface area is 171 Å². The van der Waals surface area contributed by atoms with Crippen molar-refractivity contribution >= 4 is 22.4 Å². The molecular formula is C20H19N7OS. The molecule has 0 bridgehead atoms. The monoisotopic (exact) mass is 405 g/mol. The summed E-state index contributed by atoms with van der Waals surface area (Å²) in [6.07, 6.45) is 7.30. The summed E-state index contributed by atoms with van der Waals surface area (Å²) >= 11 is 1.33. The minimum absolute atomic E-state index is 0.161. The molecular weight excluding hydrogens is 386 g/mol. The van der Waals surface area contributed by atoms with Crippen molar-refractivity contribution in [1.29, 1.82) is 0 Å². The number of anilines is 1. The van der Waals surface area contributed by atoms with Gasteiger partial charge < -0.3 is 4.98 Å². The first-order valence-corrected chi connectivity index (χ1v) is 9.89. The molecule has 1 atom stereocenters. The summed E-state index contributed by atoms with van der Waals surface area (Å²) in [4.78, 5) is 24.0. The zero-order valence-corrected chi connectivity index (χ0v) is 16.3. The van der Waals surface area contributed by atoms with E-state index in [4.69, 9.17) is 0 Å². The molecule has 0 saturated heterocycles. The second-order valence-electron chi connectivity index (χ2n) is 6.34. The van der Waals surface area contributed by atoms with Gasteiger partial charge in [-0.1, -0.05) is 41.7 Å². The number of rotatable bonds is 8. The number of benzene rings is 1. The standard InChI is InChI=1S/C20H19N7OS/c28-18(25-20-27-26-19(29-20)15-6-8-21-9-7-15)17(10-14-4-2-1-3-5-14)23-12-16-11-22-13-24-16/h1-9,11,13,17,23H,10,12H2,(H,22,24)(H,25,27,28). The number of nitrogens with one attached hydrogen (secondary N) is 3. The maximum atomic E-state index is 13.0. The van der Waals surface area contributed by atoms with Crippen LogP contribution in [0.3, 0.4) is 0 Å². The number of H-pyrrole nitrogens is 1. The van der Waals surface area contributed by atoms with Crippen LogP contribution in [-0.2, 0) is 17.8 Å². The highest BCUT2D eigenvalue weighted by molar-refractivity contribution is 7.18. The lowest BCUT2D eigenvalue weighted by molar-refractivity contribution is -0.118. The highest BCUT2D eigenvalue weighted by Crippen LogP contribution is 2.25.